The Bertz CT molecular complexity index is 452. The van der Waals surface area contributed by atoms with E-state index in [1.54, 1.807) is 0 Å². The van der Waals surface area contributed by atoms with Crippen molar-refractivity contribution in [2.24, 2.45) is 4.99 Å². The van der Waals surface area contributed by atoms with Crippen LogP contribution in [0.4, 0.5) is 0 Å². The largest absolute Gasteiger partial charge is 0.288 e. The molecule has 0 spiro atoms. The number of rotatable bonds is 4. The van der Waals surface area contributed by atoms with Crippen LogP contribution in [0.3, 0.4) is 0 Å². The highest BCUT2D eigenvalue weighted by atomic mass is 31.1. The number of nitrogens with zero attached hydrogens (tertiary/aromatic N) is 1. The van der Waals surface area contributed by atoms with Gasteiger partial charge in [0.05, 0.1) is 5.45 Å². The molecule has 0 amide bonds. The zero-order valence-corrected chi connectivity index (χ0v) is 14.9. The molecule has 0 atom stereocenters. The maximum atomic E-state index is 4.85. The molecule has 0 aliphatic heterocycles. The van der Waals surface area contributed by atoms with Crippen molar-refractivity contribution in [3.63, 3.8) is 0 Å². The minimum Gasteiger partial charge on any atom is -0.288 e. The van der Waals surface area contributed by atoms with Gasteiger partial charge in [-0.25, -0.2) is 0 Å². The van der Waals surface area contributed by atoms with Crippen LogP contribution in [0.25, 0.3) is 0 Å². The zero-order valence-electron chi connectivity index (χ0n) is 14.0. The van der Waals surface area contributed by atoms with Crippen molar-refractivity contribution in [1.82, 2.24) is 0 Å². The van der Waals surface area contributed by atoms with E-state index in [0.29, 0.717) is 0 Å². The third-order valence-corrected chi connectivity index (χ3v) is 8.98. The first-order valence-electron chi connectivity index (χ1n) is 9.20. The summed E-state index contributed by atoms with van der Waals surface area (Å²) in [6.45, 7) is 0. The summed E-state index contributed by atoms with van der Waals surface area (Å²) in [5.74, 6) is 0. The van der Waals surface area contributed by atoms with Crippen LogP contribution in [0, 0.1) is 0 Å². The van der Waals surface area contributed by atoms with Gasteiger partial charge in [0.1, 0.15) is 0 Å². The molecule has 1 nitrogen and oxygen atoms in total. The Morgan fingerprint density at radius 3 is 1.77 bits per heavy atom. The van der Waals surface area contributed by atoms with Crippen molar-refractivity contribution < 1.29 is 0 Å². The predicted octanol–water partition coefficient (Wildman–Crippen LogP) is 6.21. The molecule has 0 radical (unpaired) electrons. The highest BCUT2D eigenvalue weighted by Gasteiger charge is 2.34. The minimum absolute atomic E-state index is 0.0868. The van der Waals surface area contributed by atoms with Gasteiger partial charge >= 0.3 is 0 Å². The summed E-state index contributed by atoms with van der Waals surface area (Å²) in [7, 11) is 1.94. The molecule has 2 saturated carbocycles. The summed E-state index contributed by atoms with van der Waals surface area (Å²) in [4.78, 5) is 4.85. The fourth-order valence-electron chi connectivity index (χ4n) is 4.34. The fraction of sp³-hybridized carbons (Fsp3) is 0.650. The van der Waals surface area contributed by atoms with Crippen molar-refractivity contribution >= 4 is 13.4 Å². The molecule has 120 valence electrons. The average molecular weight is 315 g/mol. The lowest BCUT2D eigenvalue weighted by atomic mass is 9.99. The van der Waals surface area contributed by atoms with Gasteiger partial charge in [-0.15, -0.1) is 0 Å². The van der Waals surface area contributed by atoms with E-state index in [9.17, 15) is 0 Å². The molecule has 0 saturated heterocycles. The van der Waals surface area contributed by atoms with E-state index in [4.69, 9.17) is 4.99 Å². The van der Waals surface area contributed by atoms with Crippen molar-refractivity contribution in [3.05, 3.63) is 35.9 Å². The lowest BCUT2D eigenvalue weighted by Crippen LogP contribution is -2.25. The van der Waals surface area contributed by atoms with Crippen LogP contribution in [0.15, 0.2) is 35.3 Å². The Morgan fingerprint density at radius 1 is 0.818 bits per heavy atom. The van der Waals surface area contributed by atoms with Gasteiger partial charge in [0.15, 0.2) is 0 Å². The van der Waals surface area contributed by atoms with Gasteiger partial charge in [-0.1, -0.05) is 68.9 Å². The maximum Gasteiger partial charge on any atom is 0.0649 e. The number of benzene rings is 1. The van der Waals surface area contributed by atoms with Gasteiger partial charge in [-0.2, -0.15) is 0 Å². The molecule has 2 aliphatic carbocycles. The highest BCUT2D eigenvalue weighted by molar-refractivity contribution is 7.77. The van der Waals surface area contributed by atoms with Gasteiger partial charge in [0, 0.05) is 7.05 Å². The lowest BCUT2D eigenvalue weighted by Gasteiger charge is -2.39. The molecular formula is C20H30NP. The van der Waals surface area contributed by atoms with E-state index in [0.717, 1.165) is 11.3 Å². The molecule has 0 unspecified atom stereocenters. The van der Waals surface area contributed by atoms with Crippen LogP contribution in [0.2, 0.25) is 0 Å². The van der Waals surface area contributed by atoms with Crippen molar-refractivity contribution in [1.29, 1.82) is 0 Å². The van der Waals surface area contributed by atoms with E-state index in [-0.39, 0.29) is 7.92 Å². The Labute approximate surface area is 137 Å². The van der Waals surface area contributed by atoms with E-state index in [1.807, 2.05) is 7.05 Å². The number of hydrogen-bond donors (Lipinski definition) is 0. The number of hydrogen-bond acceptors (Lipinski definition) is 1. The highest BCUT2D eigenvalue weighted by Crippen LogP contribution is 2.57. The molecule has 0 bridgehead atoms. The second-order valence-electron chi connectivity index (χ2n) is 6.90. The summed E-state index contributed by atoms with van der Waals surface area (Å²) in [5.41, 5.74) is 4.73. The molecule has 0 heterocycles. The van der Waals surface area contributed by atoms with Crippen LogP contribution in [-0.2, 0) is 0 Å². The van der Waals surface area contributed by atoms with Gasteiger partial charge in [0.25, 0.3) is 0 Å². The first-order valence-corrected chi connectivity index (χ1v) is 10.7. The van der Waals surface area contributed by atoms with E-state index < -0.39 is 0 Å². The first kappa shape index (κ1) is 16.2. The van der Waals surface area contributed by atoms with Gasteiger partial charge in [-0.3, -0.25) is 4.99 Å². The second-order valence-corrected chi connectivity index (χ2v) is 9.60. The smallest absolute Gasteiger partial charge is 0.0649 e. The predicted molar refractivity (Wildman–Crippen MR) is 99.6 cm³/mol. The normalized spacial score (nSPS) is 22.2. The quantitative estimate of drug-likeness (QED) is 0.462. The monoisotopic (exact) mass is 315 g/mol. The third-order valence-electron chi connectivity index (χ3n) is 5.42. The van der Waals surface area contributed by atoms with Crippen LogP contribution in [0.1, 0.15) is 69.8 Å². The van der Waals surface area contributed by atoms with E-state index >= 15 is 0 Å². The molecular weight excluding hydrogens is 285 g/mol. The van der Waals surface area contributed by atoms with Crippen LogP contribution >= 0.6 is 7.92 Å². The molecule has 3 rings (SSSR count). The van der Waals surface area contributed by atoms with Gasteiger partial charge in [-0.05, 0) is 50.5 Å². The third kappa shape index (κ3) is 3.80. The average Bonchev–Trinajstić information content (AvgIpc) is 2.62. The summed E-state index contributed by atoms with van der Waals surface area (Å²) >= 11 is 0. The Kier molecular flexibility index (Phi) is 6.07. The molecule has 1 aromatic carbocycles. The van der Waals surface area contributed by atoms with Crippen molar-refractivity contribution in [2.75, 3.05) is 7.05 Å². The summed E-state index contributed by atoms with van der Waals surface area (Å²) in [6, 6.07) is 11.0. The number of aliphatic imine (C=N–C) groups is 1. The molecule has 1 aromatic rings. The van der Waals surface area contributed by atoms with Gasteiger partial charge in [0.2, 0.25) is 0 Å². The van der Waals surface area contributed by atoms with Crippen LogP contribution in [-0.4, -0.2) is 23.8 Å². The molecule has 2 heteroatoms. The Balaban J connectivity index is 1.88. The minimum atomic E-state index is -0.0868. The molecule has 2 aliphatic rings. The van der Waals surface area contributed by atoms with E-state index in [2.05, 4.69) is 30.3 Å². The van der Waals surface area contributed by atoms with Crippen LogP contribution in [0.5, 0.6) is 0 Å². The second kappa shape index (κ2) is 8.25. The maximum absolute atomic E-state index is 4.85. The SMILES string of the molecule is CN=C(c1ccccc1)P(C1CCCCC1)C1CCCCC1. The first-order chi connectivity index (χ1) is 10.9. The molecule has 0 aromatic heterocycles. The van der Waals surface area contributed by atoms with E-state index in [1.165, 1.54) is 75.2 Å². The Morgan fingerprint density at radius 2 is 1.32 bits per heavy atom. The van der Waals surface area contributed by atoms with Crippen LogP contribution < -0.4 is 0 Å². The standard InChI is InChI=1S/C20H30NP/c1-21-20(17-11-5-2-6-12-17)22(18-13-7-3-8-14-18)19-15-9-4-10-16-19/h2,5-6,11-12,18-19H,3-4,7-10,13-16H2,1H3. The molecule has 2 fully saturated rings. The van der Waals surface area contributed by atoms with Gasteiger partial charge < -0.3 is 0 Å². The summed E-state index contributed by atoms with van der Waals surface area (Å²) in [6.07, 6.45) is 14.5. The Hall–Kier alpha value is -0.680. The lowest BCUT2D eigenvalue weighted by molar-refractivity contribution is 0.487. The van der Waals surface area contributed by atoms with Crippen molar-refractivity contribution in [2.45, 2.75) is 75.5 Å². The van der Waals surface area contributed by atoms with Crippen molar-refractivity contribution in [3.8, 4) is 0 Å². The topological polar surface area (TPSA) is 12.4 Å². The summed E-state index contributed by atoms with van der Waals surface area (Å²) < 4.78 is 0. The zero-order chi connectivity index (χ0) is 15.2. The fourth-order valence-corrected chi connectivity index (χ4v) is 8.15. The summed E-state index contributed by atoms with van der Waals surface area (Å²) in [5, 5.41) is 0. The molecule has 0 N–H and O–H groups in total. The molecule has 22 heavy (non-hydrogen) atoms.